The average molecular weight is 485 g/mol. The Labute approximate surface area is 205 Å². The van der Waals surface area contributed by atoms with E-state index in [0.29, 0.717) is 12.0 Å². The van der Waals surface area contributed by atoms with Gasteiger partial charge in [0.25, 0.3) is 0 Å². The van der Waals surface area contributed by atoms with Gasteiger partial charge in [0, 0.05) is 38.8 Å². The summed E-state index contributed by atoms with van der Waals surface area (Å²) in [6.45, 7) is 14.1. The standard InChI is InChI=1S/C18H24N2O.2C2H6.CH3.ClH.Y/c1-3-7-16-12-17(20(19-16)14-18(2)10-11-18)21-13-15-8-5-4-6-9-15;2*1-2;;;/h4-6,8-9,12H,3,7,10-11,13-14H2,1-2H3;2*1-2H3;1H3;1H;/q;;;-1;;. The largest absolute Gasteiger partial charge is 0.473 e. The van der Waals surface area contributed by atoms with Gasteiger partial charge in [-0.25, -0.2) is 4.68 Å². The maximum Gasteiger partial charge on any atom is 0.212 e. The Morgan fingerprint density at radius 2 is 1.64 bits per heavy atom. The van der Waals surface area contributed by atoms with Crippen LogP contribution in [0.25, 0.3) is 0 Å². The summed E-state index contributed by atoms with van der Waals surface area (Å²) in [6, 6.07) is 12.4. The van der Waals surface area contributed by atoms with E-state index in [1.165, 1.54) is 18.4 Å². The summed E-state index contributed by atoms with van der Waals surface area (Å²) in [7, 11) is 0. The van der Waals surface area contributed by atoms with Crippen molar-refractivity contribution in [1.82, 2.24) is 9.78 Å². The van der Waals surface area contributed by atoms with Gasteiger partial charge < -0.3 is 12.2 Å². The van der Waals surface area contributed by atoms with Crippen LogP contribution in [-0.4, -0.2) is 9.78 Å². The van der Waals surface area contributed by atoms with E-state index in [-0.39, 0.29) is 52.5 Å². The van der Waals surface area contributed by atoms with Gasteiger partial charge >= 0.3 is 0 Å². The smallest absolute Gasteiger partial charge is 0.212 e. The van der Waals surface area contributed by atoms with Crippen LogP contribution in [0, 0.1) is 12.8 Å². The van der Waals surface area contributed by atoms with Crippen LogP contribution in [0.15, 0.2) is 36.4 Å². The van der Waals surface area contributed by atoms with Crippen LogP contribution in [-0.2, 0) is 52.3 Å². The number of nitrogens with zero attached hydrogens (tertiary/aromatic N) is 2. The zero-order valence-corrected chi connectivity index (χ0v) is 22.6. The molecule has 159 valence electrons. The summed E-state index contributed by atoms with van der Waals surface area (Å²) in [4.78, 5) is 0. The number of benzene rings is 1. The fourth-order valence-electron chi connectivity index (χ4n) is 2.52. The maximum atomic E-state index is 6.02. The van der Waals surface area contributed by atoms with Crippen molar-refractivity contribution in [2.45, 2.75) is 80.4 Å². The Balaban J connectivity index is -0.000000841. The number of aromatic nitrogens is 2. The Kier molecular flexibility index (Phi) is 20.2. The van der Waals surface area contributed by atoms with Gasteiger partial charge in [-0.05, 0) is 30.2 Å². The van der Waals surface area contributed by atoms with E-state index in [0.717, 1.165) is 31.0 Å². The van der Waals surface area contributed by atoms with Gasteiger partial charge in [-0.2, -0.15) is 5.10 Å². The summed E-state index contributed by atoms with van der Waals surface area (Å²) in [5.41, 5.74) is 2.77. The van der Waals surface area contributed by atoms with Crippen molar-refractivity contribution in [1.29, 1.82) is 0 Å². The topological polar surface area (TPSA) is 27.1 Å². The first kappa shape index (κ1) is 32.3. The monoisotopic (exact) mass is 484 g/mol. The van der Waals surface area contributed by atoms with E-state index in [1.54, 1.807) is 0 Å². The van der Waals surface area contributed by atoms with Crippen molar-refractivity contribution < 1.29 is 37.4 Å². The zero-order chi connectivity index (χ0) is 18.7. The molecule has 0 spiro atoms. The minimum Gasteiger partial charge on any atom is -0.473 e. The number of aryl methyl sites for hydroxylation is 1. The van der Waals surface area contributed by atoms with Crippen molar-refractivity contribution in [2.24, 2.45) is 5.41 Å². The predicted molar refractivity (Wildman–Crippen MR) is 121 cm³/mol. The molecule has 1 aliphatic carbocycles. The van der Waals surface area contributed by atoms with Gasteiger partial charge in [-0.1, -0.05) is 78.3 Å². The van der Waals surface area contributed by atoms with Crippen LogP contribution >= 0.6 is 12.4 Å². The molecular formula is C23H40ClN2OY-. The molecule has 1 aliphatic rings. The molecule has 1 heterocycles. The van der Waals surface area contributed by atoms with Crippen LogP contribution in [0.4, 0.5) is 0 Å². The minimum absolute atomic E-state index is 0. The molecule has 1 aromatic heterocycles. The van der Waals surface area contributed by atoms with Gasteiger partial charge in [0.15, 0.2) is 0 Å². The summed E-state index contributed by atoms with van der Waals surface area (Å²) in [5, 5.41) is 4.73. The number of rotatable bonds is 7. The molecular weight excluding hydrogens is 445 g/mol. The molecule has 0 unspecified atom stereocenters. The molecule has 1 radical (unpaired) electrons. The normalized spacial score (nSPS) is 12.4. The first-order valence-corrected chi connectivity index (χ1v) is 9.92. The van der Waals surface area contributed by atoms with Gasteiger partial charge in [0.1, 0.15) is 6.61 Å². The summed E-state index contributed by atoms with van der Waals surface area (Å²) < 4.78 is 8.09. The molecule has 1 saturated carbocycles. The third-order valence-corrected chi connectivity index (χ3v) is 4.16. The van der Waals surface area contributed by atoms with Gasteiger partial charge in [0.2, 0.25) is 5.88 Å². The third-order valence-electron chi connectivity index (χ3n) is 4.16. The number of hydrogen-bond acceptors (Lipinski definition) is 2. The van der Waals surface area contributed by atoms with E-state index < -0.39 is 0 Å². The number of hydrogen-bond donors (Lipinski definition) is 0. The molecule has 0 saturated heterocycles. The van der Waals surface area contributed by atoms with Crippen molar-refractivity contribution >= 4 is 12.4 Å². The summed E-state index contributed by atoms with van der Waals surface area (Å²) >= 11 is 0. The molecule has 0 bridgehead atoms. The fraction of sp³-hybridized carbons (Fsp3) is 0.565. The first-order valence-electron chi connectivity index (χ1n) is 9.92. The third kappa shape index (κ3) is 11.0. The van der Waals surface area contributed by atoms with Crippen LogP contribution in [0.5, 0.6) is 5.88 Å². The van der Waals surface area contributed by atoms with Crippen molar-refractivity contribution in [2.75, 3.05) is 0 Å². The Morgan fingerprint density at radius 3 is 2.14 bits per heavy atom. The molecule has 3 rings (SSSR count). The van der Waals surface area contributed by atoms with Crippen LogP contribution in [0.3, 0.4) is 0 Å². The Bertz CT molecular complexity index is 598. The van der Waals surface area contributed by atoms with Crippen LogP contribution < -0.4 is 4.74 Å². The molecule has 3 nitrogen and oxygen atoms in total. The average Bonchev–Trinajstić information content (AvgIpc) is 3.27. The molecule has 28 heavy (non-hydrogen) atoms. The second kappa shape index (κ2) is 17.5. The van der Waals surface area contributed by atoms with Crippen LogP contribution in [0.2, 0.25) is 0 Å². The van der Waals surface area contributed by atoms with E-state index in [9.17, 15) is 0 Å². The van der Waals surface area contributed by atoms with E-state index >= 15 is 0 Å². The van der Waals surface area contributed by atoms with E-state index in [2.05, 4.69) is 36.7 Å². The molecule has 0 amide bonds. The SMILES string of the molecule is CC.CC.CCCc1cc(OCc2ccccc2)n(CC2(C)CC2)n1.Cl.[CH3-].[Y]. The summed E-state index contributed by atoms with van der Waals surface area (Å²) in [6.07, 6.45) is 4.74. The minimum atomic E-state index is 0. The Morgan fingerprint density at radius 1 is 1.07 bits per heavy atom. The van der Waals surface area contributed by atoms with Gasteiger partial charge in [-0.3, -0.25) is 0 Å². The van der Waals surface area contributed by atoms with Crippen molar-refractivity contribution in [3.63, 3.8) is 0 Å². The van der Waals surface area contributed by atoms with Crippen LogP contribution in [0.1, 0.15) is 72.1 Å². The quantitative estimate of drug-likeness (QED) is 0.391. The van der Waals surface area contributed by atoms with Crippen molar-refractivity contribution in [3.8, 4) is 5.88 Å². The first-order chi connectivity index (χ1) is 12.2. The molecule has 0 atom stereocenters. The second-order valence-corrected chi connectivity index (χ2v) is 6.47. The fourth-order valence-corrected chi connectivity index (χ4v) is 2.52. The van der Waals surface area contributed by atoms with E-state index in [4.69, 9.17) is 9.84 Å². The molecule has 1 fully saturated rings. The molecule has 0 N–H and O–H groups in total. The maximum absolute atomic E-state index is 6.02. The second-order valence-electron chi connectivity index (χ2n) is 6.47. The predicted octanol–water partition coefficient (Wildman–Crippen LogP) is 7.14. The summed E-state index contributed by atoms with van der Waals surface area (Å²) in [5.74, 6) is 0.912. The van der Waals surface area contributed by atoms with Gasteiger partial charge in [0.05, 0.1) is 12.2 Å². The molecule has 5 heteroatoms. The number of ether oxygens (including phenoxy) is 1. The molecule has 2 aromatic rings. The zero-order valence-electron chi connectivity index (χ0n) is 19.0. The number of halogens is 1. The Hall–Kier alpha value is -0.376. The molecule has 1 aromatic carbocycles. The molecule has 0 aliphatic heterocycles. The van der Waals surface area contributed by atoms with Crippen molar-refractivity contribution in [3.05, 3.63) is 55.1 Å². The van der Waals surface area contributed by atoms with Gasteiger partial charge in [-0.15, -0.1) is 12.4 Å². The van der Waals surface area contributed by atoms with E-state index in [1.807, 2.05) is 45.9 Å².